The van der Waals surface area contributed by atoms with Gasteiger partial charge in [-0.2, -0.15) is 0 Å². The summed E-state index contributed by atoms with van der Waals surface area (Å²) < 4.78 is 5.60. The Kier molecular flexibility index (Phi) is 2.96. The van der Waals surface area contributed by atoms with Gasteiger partial charge in [0.1, 0.15) is 5.75 Å². The molecule has 1 aliphatic rings. The summed E-state index contributed by atoms with van der Waals surface area (Å²) in [5.41, 5.74) is 3.50. The molecule has 1 N–H and O–H groups in total. The van der Waals surface area contributed by atoms with Crippen molar-refractivity contribution >= 4 is 0 Å². The van der Waals surface area contributed by atoms with Crippen molar-refractivity contribution in [2.45, 2.75) is 39.2 Å². The summed E-state index contributed by atoms with van der Waals surface area (Å²) >= 11 is 0. The maximum Gasteiger partial charge on any atom is 0.122 e. The number of rotatable bonds is 2. The van der Waals surface area contributed by atoms with Gasteiger partial charge in [-0.1, -0.05) is 6.07 Å². The Hall–Kier alpha value is -1.02. The highest BCUT2D eigenvalue weighted by atomic mass is 16.5. The van der Waals surface area contributed by atoms with Crippen molar-refractivity contribution in [3.05, 3.63) is 28.8 Å². The lowest BCUT2D eigenvalue weighted by atomic mass is 9.86. The van der Waals surface area contributed by atoms with Gasteiger partial charge >= 0.3 is 0 Å². The van der Waals surface area contributed by atoms with Crippen LogP contribution >= 0.6 is 0 Å². The second-order valence-corrected chi connectivity index (χ2v) is 4.11. The van der Waals surface area contributed by atoms with E-state index in [4.69, 9.17) is 4.74 Å². The van der Waals surface area contributed by atoms with Crippen LogP contribution in [0.25, 0.3) is 0 Å². The molecule has 2 nitrogen and oxygen atoms in total. The molecule has 0 heterocycles. The van der Waals surface area contributed by atoms with Crippen molar-refractivity contribution in [2.75, 3.05) is 6.61 Å². The summed E-state index contributed by atoms with van der Waals surface area (Å²) in [6.45, 7) is 4.74. The van der Waals surface area contributed by atoms with Gasteiger partial charge in [0.2, 0.25) is 0 Å². The fraction of sp³-hybridized carbons (Fsp3) is 0.538. The third-order valence-electron chi connectivity index (χ3n) is 3.07. The van der Waals surface area contributed by atoms with Crippen LogP contribution in [0.2, 0.25) is 0 Å². The Morgan fingerprint density at radius 2 is 2.27 bits per heavy atom. The molecule has 0 aromatic heterocycles. The molecule has 0 radical (unpaired) electrons. The number of hydrogen-bond acceptors (Lipinski definition) is 2. The van der Waals surface area contributed by atoms with Gasteiger partial charge in [0.25, 0.3) is 0 Å². The highest BCUT2D eigenvalue weighted by Gasteiger charge is 2.22. The monoisotopic (exact) mass is 206 g/mol. The topological polar surface area (TPSA) is 29.5 Å². The first-order chi connectivity index (χ1) is 7.24. The summed E-state index contributed by atoms with van der Waals surface area (Å²) in [4.78, 5) is 0. The number of ether oxygens (including phenoxy) is 1. The molecule has 0 aliphatic heterocycles. The van der Waals surface area contributed by atoms with E-state index in [9.17, 15) is 5.11 Å². The van der Waals surface area contributed by atoms with E-state index in [0.29, 0.717) is 6.61 Å². The van der Waals surface area contributed by atoms with E-state index >= 15 is 0 Å². The van der Waals surface area contributed by atoms with Gasteiger partial charge in [-0.25, -0.2) is 0 Å². The molecule has 1 aromatic rings. The van der Waals surface area contributed by atoms with Gasteiger partial charge in [-0.05, 0) is 50.3 Å². The summed E-state index contributed by atoms with van der Waals surface area (Å²) in [5.74, 6) is 0.955. The van der Waals surface area contributed by atoms with Crippen molar-refractivity contribution in [3.63, 3.8) is 0 Å². The normalized spacial score (nSPS) is 19.8. The molecular formula is C13H18O2. The number of hydrogen-bond donors (Lipinski definition) is 1. The summed E-state index contributed by atoms with van der Waals surface area (Å²) in [6.07, 6.45) is 2.67. The molecule has 1 aliphatic carbocycles. The second-order valence-electron chi connectivity index (χ2n) is 4.11. The molecule has 82 valence electrons. The van der Waals surface area contributed by atoms with Gasteiger partial charge in [0, 0.05) is 5.56 Å². The predicted molar refractivity (Wildman–Crippen MR) is 60.2 cm³/mol. The van der Waals surface area contributed by atoms with E-state index in [1.165, 1.54) is 11.1 Å². The van der Waals surface area contributed by atoms with Crippen molar-refractivity contribution in [1.82, 2.24) is 0 Å². The molecule has 0 unspecified atom stereocenters. The van der Waals surface area contributed by atoms with Crippen molar-refractivity contribution < 1.29 is 9.84 Å². The molecule has 1 aromatic carbocycles. The van der Waals surface area contributed by atoms with Crippen LogP contribution in [-0.4, -0.2) is 11.7 Å². The van der Waals surface area contributed by atoms with Crippen LogP contribution in [0.15, 0.2) is 12.1 Å². The minimum absolute atomic E-state index is 0.297. The van der Waals surface area contributed by atoms with Gasteiger partial charge in [-0.3, -0.25) is 0 Å². The van der Waals surface area contributed by atoms with Gasteiger partial charge < -0.3 is 9.84 Å². The first kappa shape index (κ1) is 10.5. The van der Waals surface area contributed by atoms with Crippen LogP contribution in [-0.2, 0) is 6.42 Å². The first-order valence-corrected chi connectivity index (χ1v) is 5.67. The van der Waals surface area contributed by atoms with Gasteiger partial charge in [0.15, 0.2) is 0 Å². The average Bonchev–Trinajstić information content (AvgIpc) is 2.22. The molecule has 2 heteroatoms. The molecule has 2 rings (SSSR count). The zero-order chi connectivity index (χ0) is 10.8. The fourth-order valence-electron chi connectivity index (χ4n) is 2.39. The minimum atomic E-state index is -0.297. The zero-order valence-corrected chi connectivity index (χ0v) is 9.42. The largest absolute Gasteiger partial charge is 0.494 e. The lowest BCUT2D eigenvalue weighted by Gasteiger charge is -2.25. The highest BCUT2D eigenvalue weighted by molar-refractivity contribution is 5.47. The SMILES string of the molecule is CCOc1ccc(C)c2c1CCC[C@@H]2O. The molecule has 0 saturated carbocycles. The maximum absolute atomic E-state index is 9.98. The highest BCUT2D eigenvalue weighted by Crippen LogP contribution is 2.37. The summed E-state index contributed by atoms with van der Waals surface area (Å²) in [7, 11) is 0. The quantitative estimate of drug-likeness (QED) is 0.806. The number of aliphatic hydroxyl groups is 1. The Balaban J connectivity index is 2.48. The van der Waals surface area contributed by atoms with Gasteiger partial charge in [0.05, 0.1) is 12.7 Å². The summed E-state index contributed by atoms with van der Waals surface area (Å²) in [6, 6.07) is 4.06. The van der Waals surface area contributed by atoms with Crippen LogP contribution < -0.4 is 4.74 Å². The number of aryl methyl sites for hydroxylation is 1. The van der Waals surface area contributed by atoms with Crippen molar-refractivity contribution in [3.8, 4) is 5.75 Å². The Morgan fingerprint density at radius 3 is 3.00 bits per heavy atom. The van der Waals surface area contributed by atoms with Crippen LogP contribution in [0.3, 0.4) is 0 Å². The fourth-order valence-corrected chi connectivity index (χ4v) is 2.39. The van der Waals surface area contributed by atoms with Crippen LogP contribution in [0, 0.1) is 6.92 Å². The third kappa shape index (κ3) is 1.86. The standard InChI is InChI=1S/C13H18O2/c1-3-15-12-8-7-9(2)13-10(12)5-4-6-11(13)14/h7-8,11,14H,3-6H2,1-2H3/t11-/m0/s1. The van der Waals surface area contributed by atoms with E-state index in [2.05, 4.69) is 6.92 Å². The summed E-state index contributed by atoms with van der Waals surface area (Å²) in [5, 5.41) is 9.98. The molecular weight excluding hydrogens is 188 g/mol. The van der Waals surface area contributed by atoms with E-state index in [1.54, 1.807) is 0 Å². The van der Waals surface area contributed by atoms with E-state index in [1.807, 2.05) is 19.1 Å². The second kappa shape index (κ2) is 4.23. The molecule has 0 saturated heterocycles. The van der Waals surface area contributed by atoms with Crippen LogP contribution in [0.4, 0.5) is 0 Å². The molecule has 1 atom stereocenters. The lowest BCUT2D eigenvalue weighted by molar-refractivity contribution is 0.154. The lowest BCUT2D eigenvalue weighted by Crippen LogP contribution is -2.12. The van der Waals surface area contributed by atoms with Crippen molar-refractivity contribution in [1.29, 1.82) is 0 Å². The number of fused-ring (bicyclic) bond motifs is 1. The molecule has 0 spiro atoms. The predicted octanol–water partition coefficient (Wildman–Crippen LogP) is 2.76. The van der Waals surface area contributed by atoms with E-state index in [0.717, 1.165) is 30.6 Å². The third-order valence-corrected chi connectivity index (χ3v) is 3.07. The molecule has 0 amide bonds. The zero-order valence-electron chi connectivity index (χ0n) is 9.42. The van der Waals surface area contributed by atoms with E-state index < -0.39 is 0 Å². The molecule has 0 fully saturated rings. The van der Waals surface area contributed by atoms with Crippen molar-refractivity contribution in [2.24, 2.45) is 0 Å². The maximum atomic E-state index is 9.98. The number of aliphatic hydroxyl groups excluding tert-OH is 1. The average molecular weight is 206 g/mol. The number of benzene rings is 1. The Bertz CT molecular complexity index is 358. The van der Waals surface area contributed by atoms with Gasteiger partial charge in [-0.15, -0.1) is 0 Å². The first-order valence-electron chi connectivity index (χ1n) is 5.67. The Morgan fingerprint density at radius 1 is 1.47 bits per heavy atom. The Labute approximate surface area is 90.9 Å². The van der Waals surface area contributed by atoms with Crippen LogP contribution in [0.1, 0.15) is 42.6 Å². The smallest absolute Gasteiger partial charge is 0.122 e. The van der Waals surface area contributed by atoms with Crippen LogP contribution in [0.5, 0.6) is 5.75 Å². The molecule has 0 bridgehead atoms. The molecule has 15 heavy (non-hydrogen) atoms. The minimum Gasteiger partial charge on any atom is -0.494 e. The van der Waals surface area contributed by atoms with E-state index in [-0.39, 0.29) is 6.10 Å².